The van der Waals surface area contributed by atoms with Gasteiger partial charge in [0.1, 0.15) is 18.5 Å². The maximum atomic E-state index is 5.77. The molecular formula is C20H29O3. The van der Waals surface area contributed by atoms with Crippen molar-refractivity contribution in [3.63, 3.8) is 0 Å². The van der Waals surface area contributed by atoms with Gasteiger partial charge in [0.2, 0.25) is 0 Å². The van der Waals surface area contributed by atoms with Gasteiger partial charge in [0, 0.05) is 6.42 Å². The minimum atomic E-state index is 0.592. The molecule has 0 bridgehead atoms. The van der Waals surface area contributed by atoms with E-state index in [1.54, 1.807) is 0 Å². The van der Waals surface area contributed by atoms with Crippen LogP contribution in [0.15, 0.2) is 22.8 Å². The predicted molar refractivity (Wildman–Crippen MR) is 92.3 cm³/mol. The Kier molecular flexibility index (Phi) is 10.7. The van der Waals surface area contributed by atoms with Gasteiger partial charge >= 0.3 is 0 Å². The lowest BCUT2D eigenvalue weighted by Gasteiger charge is -2.13. The molecular weight excluding hydrogens is 288 g/mol. The molecule has 0 unspecified atom stereocenters. The summed E-state index contributed by atoms with van der Waals surface area (Å²) in [6.45, 7) is 8.45. The molecule has 127 valence electrons. The van der Waals surface area contributed by atoms with Gasteiger partial charge in [0.25, 0.3) is 0 Å². The molecule has 1 aliphatic rings. The van der Waals surface area contributed by atoms with Crippen molar-refractivity contribution in [1.82, 2.24) is 0 Å². The van der Waals surface area contributed by atoms with Crippen molar-refractivity contribution in [3.8, 4) is 12.0 Å². The fraction of sp³-hybridized carbons (Fsp3) is 0.650. The molecule has 0 heterocycles. The Balaban J connectivity index is 2.66. The molecule has 1 rings (SSSR count). The third-order valence-electron chi connectivity index (χ3n) is 3.25. The monoisotopic (exact) mass is 317 g/mol. The minimum absolute atomic E-state index is 0.592. The van der Waals surface area contributed by atoms with Crippen LogP contribution in [0.4, 0.5) is 0 Å². The lowest BCUT2D eigenvalue weighted by atomic mass is 10.1. The zero-order chi connectivity index (χ0) is 16.8. The van der Waals surface area contributed by atoms with Crippen LogP contribution in [0.3, 0.4) is 0 Å². The largest absolute Gasteiger partial charge is 0.497 e. The maximum Gasteiger partial charge on any atom is 0.174 e. The summed E-state index contributed by atoms with van der Waals surface area (Å²) in [6.07, 6.45) is 12.9. The van der Waals surface area contributed by atoms with Crippen molar-refractivity contribution in [2.75, 3.05) is 19.8 Å². The van der Waals surface area contributed by atoms with Crippen LogP contribution in [0.5, 0.6) is 0 Å². The SMILES string of the molecule is CCCCOC#CC1=C=C(OCCCC)[C]=C(OCCCC)C1. The minimum Gasteiger partial charge on any atom is -0.497 e. The quantitative estimate of drug-likeness (QED) is 0.308. The molecule has 0 N–H and O–H groups in total. The Hall–Kier alpha value is -1.78. The molecule has 0 aromatic carbocycles. The summed E-state index contributed by atoms with van der Waals surface area (Å²) in [4.78, 5) is 0. The molecule has 0 saturated carbocycles. The van der Waals surface area contributed by atoms with E-state index in [1.807, 2.05) is 0 Å². The first-order valence-corrected chi connectivity index (χ1v) is 8.81. The molecule has 0 saturated heterocycles. The van der Waals surface area contributed by atoms with E-state index in [1.165, 1.54) is 0 Å². The van der Waals surface area contributed by atoms with Gasteiger partial charge in [-0.3, -0.25) is 0 Å². The lowest BCUT2D eigenvalue weighted by Crippen LogP contribution is -2.03. The van der Waals surface area contributed by atoms with E-state index in [9.17, 15) is 0 Å². The van der Waals surface area contributed by atoms with Gasteiger partial charge in [-0.05, 0) is 25.2 Å². The summed E-state index contributed by atoms with van der Waals surface area (Å²) in [5, 5.41) is 0. The highest BCUT2D eigenvalue weighted by Gasteiger charge is 2.11. The number of ether oxygens (including phenoxy) is 3. The van der Waals surface area contributed by atoms with Crippen molar-refractivity contribution in [2.45, 2.75) is 65.7 Å². The van der Waals surface area contributed by atoms with Gasteiger partial charge in [0.15, 0.2) is 5.76 Å². The van der Waals surface area contributed by atoms with Gasteiger partial charge in [-0.1, -0.05) is 45.8 Å². The Morgan fingerprint density at radius 3 is 2.26 bits per heavy atom. The van der Waals surface area contributed by atoms with Gasteiger partial charge in [-0.15, -0.1) is 0 Å². The second-order valence-electron chi connectivity index (χ2n) is 5.49. The molecule has 3 heteroatoms. The van der Waals surface area contributed by atoms with Crippen LogP contribution in [0.2, 0.25) is 0 Å². The predicted octanol–water partition coefficient (Wildman–Crippen LogP) is 4.90. The van der Waals surface area contributed by atoms with Crippen molar-refractivity contribution >= 4 is 0 Å². The zero-order valence-corrected chi connectivity index (χ0v) is 14.8. The molecule has 0 aliphatic heterocycles. The van der Waals surface area contributed by atoms with Crippen LogP contribution >= 0.6 is 0 Å². The van der Waals surface area contributed by atoms with Crippen molar-refractivity contribution in [1.29, 1.82) is 0 Å². The summed E-state index contributed by atoms with van der Waals surface area (Å²) in [5.41, 5.74) is 4.00. The average Bonchev–Trinajstić information content (AvgIpc) is 2.55. The van der Waals surface area contributed by atoms with Gasteiger partial charge in [-0.2, -0.15) is 0 Å². The highest BCUT2D eigenvalue weighted by atomic mass is 16.5. The zero-order valence-electron chi connectivity index (χ0n) is 14.8. The van der Waals surface area contributed by atoms with E-state index in [2.05, 4.69) is 44.6 Å². The third-order valence-corrected chi connectivity index (χ3v) is 3.25. The third kappa shape index (κ3) is 9.06. The van der Waals surface area contributed by atoms with Gasteiger partial charge < -0.3 is 14.2 Å². The first kappa shape index (κ1) is 19.3. The Bertz CT molecular complexity index is 485. The molecule has 0 aromatic rings. The lowest BCUT2D eigenvalue weighted by molar-refractivity contribution is 0.185. The number of hydrogen-bond donors (Lipinski definition) is 0. The summed E-state index contributed by atoms with van der Waals surface area (Å²) in [7, 11) is 0. The summed E-state index contributed by atoms with van der Waals surface area (Å²) >= 11 is 0. The topological polar surface area (TPSA) is 27.7 Å². The molecule has 23 heavy (non-hydrogen) atoms. The fourth-order valence-electron chi connectivity index (χ4n) is 1.80. The summed E-state index contributed by atoms with van der Waals surface area (Å²) < 4.78 is 16.8. The van der Waals surface area contributed by atoms with E-state index >= 15 is 0 Å². The second-order valence-corrected chi connectivity index (χ2v) is 5.49. The molecule has 0 fully saturated rings. The van der Waals surface area contributed by atoms with Crippen molar-refractivity contribution in [2.24, 2.45) is 0 Å². The Morgan fingerprint density at radius 2 is 1.57 bits per heavy atom. The number of allylic oxidation sites excluding steroid dienone is 1. The summed E-state index contributed by atoms with van der Waals surface area (Å²) in [5.74, 6) is 4.38. The highest BCUT2D eigenvalue weighted by Crippen LogP contribution is 2.19. The molecule has 0 atom stereocenters. The second kappa shape index (κ2) is 12.7. The van der Waals surface area contributed by atoms with E-state index in [0.29, 0.717) is 32.0 Å². The van der Waals surface area contributed by atoms with Crippen molar-refractivity contribution < 1.29 is 14.2 Å². The molecule has 3 nitrogen and oxygen atoms in total. The standard InChI is InChI=1S/C20H29O3/c1-4-7-11-21-14-10-18-15-19(22-12-8-5-2)17-20(16-18)23-13-9-6-3/h4-9,11-13,15H2,1-3H3. The molecule has 0 aromatic heterocycles. The van der Waals surface area contributed by atoms with Crippen LogP contribution in [0, 0.1) is 18.1 Å². The smallest absolute Gasteiger partial charge is 0.174 e. The van der Waals surface area contributed by atoms with Crippen LogP contribution in [-0.2, 0) is 14.2 Å². The number of hydrogen-bond acceptors (Lipinski definition) is 3. The first-order valence-electron chi connectivity index (χ1n) is 8.81. The summed E-state index contributed by atoms with van der Waals surface area (Å²) in [6, 6.07) is 0. The number of unbranched alkanes of at least 4 members (excludes halogenated alkanes) is 3. The average molecular weight is 317 g/mol. The van der Waals surface area contributed by atoms with E-state index in [-0.39, 0.29) is 0 Å². The molecule has 0 spiro atoms. The van der Waals surface area contributed by atoms with E-state index in [0.717, 1.165) is 49.9 Å². The Labute approximate surface area is 141 Å². The van der Waals surface area contributed by atoms with Crippen LogP contribution in [0.25, 0.3) is 0 Å². The van der Waals surface area contributed by atoms with Crippen LogP contribution in [-0.4, -0.2) is 19.8 Å². The molecule has 0 amide bonds. The molecule has 1 aliphatic carbocycles. The highest BCUT2D eigenvalue weighted by molar-refractivity contribution is 5.35. The van der Waals surface area contributed by atoms with Crippen molar-refractivity contribution in [3.05, 3.63) is 28.9 Å². The first-order chi connectivity index (χ1) is 11.3. The van der Waals surface area contributed by atoms with Gasteiger partial charge in [0.05, 0.1) is 24.9 Å². The number of rotatable bonds is 11. The van der Waals surface area contributed by atoms with Crippen LogP contribution in [0.1, 0.15) is 65.7 Å². The normalized spacial score (nSPS) is 13.3. The van der Waals surface area contributed by atoms with E-state index in [4.69, 9.17) is 14.2 Å². The van der Waals surface area contributed by atoms with E-state index < -0.39 is 0 Å². The van der Waals surface area contributed by atoms with Crippen LogP contribution < -0.4 is 0 Å². The maximum absolute atomic E-state index is 5.77. The van der Waals surface area contributed by atoms with Gasteiger partial charge in [-0.25, -0.2) is 0 Å². The Morgan fingerprint density at radius 1 is 0.913 bits per heavy atom. The fourth-order valence-corrected chi connectivity index (χ4v) is 1.80. The molecule has 1 radical (unpaired) electrons.